The van der Waals surface area contributed by atoms with Crippen molar-refractivity contribution < 1.29 is 4.57 Å². The molecule has 0 amide bonds. The van der Waals surface area contributed by atoms with Crippen LogP contribution in [0, 0.1) is 0 Å². The summed E-state index contributed by atoms with van der Waals surface area (Å²) in [5.41, 5.74) is -2.39. The second-order valence-electron chi connectivity index (χ2n) is 1.02. The van der Waals surface area contributed by atoms with Crippen molar-refractivity contribution in [1.29, 1.82) is 0 Å². The molecule has 0 saturated heterocycles. The van der Waals surface area contributed by atoms with Gasteiger partial charge in [0.25, 0.3) is 0 Å². The highest BCUT2D eigenvalue weighted by Gasteiger charge is 2.05. The van der Waals surface area contributed by atoms with E-state index in [2.05, 4.69) is 6.58 Å². The van der Waals surface area contributed by atoms with Gasteiger partial charge in [-0.15, -0.1) is 0 Å². The zero-order chi connectivity index (χ0) is 5.91. The molecule has 0 aromatic rings. The fourth-order valence-corrected chi connectivity index (χ4v) is 1.71. The van der Waals surface area contributed by atoms with E-state index in [1.165, 1.54) is 12.1 Å². The molecule has 0 N–H and O–H groups in total. The highest BCUT2D eigenvalue weighted by molar-refractivity contribution is 8.66. The Hall–Kier alpha value is 0.610. The smallest absolute Gasteiger partial charge is 0.222 e. The normalized spacial score (nSPS) is 18.0. The summed E-state index contributed by atoms with van der Waals surface area (Å²) >= 11 is 6.35. The summed E-state index contributed by atoms with van der Waals surface area (Å²) in [6.07, 6.45) is 0. The quantitative estimate of drug-likeness (QED) is 0.572. The molecule has 0 radical (unpaired) electrons. The van der Waals surface area contributed by atoms with Crippen LogP contribution in [-0.2, 0) is 4.57 Å². The third-order valence-electron chi connectivity index (χ3n) is 0.263. The molecule has 0 saturated carbocycles. The van der Waals surface area contributed by atoms with E-state index in [1.54, 1.807) is 0 Å². The van der Waals surface area contributed by atoms with Crippen molar-refractivity contribution in [3.8, 4) is 0 Å². The zero-order valence-corrected chi connectivity index (χ0v) is 6.39. The Labute approximate surface area is 52.0 Å². The average Bonchev–Trinajstić information content (AvgIpc) is 1.30. The molecule has 0 heterocycles. The van der Waals surface area contributed by atoms with Gasteiger partial charge in [0, 0.05) is 6.66 Å². The Kier molecular flexibility index (Phi) is 3.05. The first kappa shape index (κ1) is 7.61. The van der Waals surface area contributed by atoms with Gasteiger partial charge in [-0.05, 0) is 16.6 Å². The van der Waals surface area contributed by atoms with Gasteiger partial charge in [-0.3, -0.25) is 4.57 Å². The average molecular weight is 157 g/mol. The van der Waals surface area contributed by atoms with Crippen LogP contribution >= 0.6 is 28.3 Å². The standard InChI is InChI=1S/C3H6ClOPS/c1-3-7-6(2,4)5/h3H,1H2,2H3. The van der Waals surface area contributed by atoms with Crippen molar-refractivity contribution >= 4 is 28.3 Å². The molecule has 0 aromatic carbocycles. The van der Waals surface area contributed by atoms with Crippen molar-refractivity contribution in [2.24, 2.45) is 0 Å². The minimum atomic E-state index is -2.39. The maximum absolute atomic E-state index is 10.5. The van der Waals surface area contributed by atoms with Crippen LogP contribution in [0.25, 0.3) is 0 Å². The molecule has 0 fully saturated rings. The van der Waals surface area contributed by atoms with Crippen molar-refractivity contribution in [3.63, 3.8) is 0 Å². The van der Waals surface area contributed by atoms with E-state index in [0.717, 1.165) is 11.4 Å². The molecule has 0 aromatic heterocycles. The molecule has 0 spiro atoms. The first-order valence-electron chi connectivity index (χ1n) is 1.63. The number of hydrogen-bond acceptors (Lipinski definition) is 2. The molecule has 1 atom stereocenters. The van der Waals surface area contributed by atoms with Gasteiger partial charge in [0.15, 0.2) is 0 Å². The molecule has 4 heteroatoms. The molecular weight excluding hydrogens is 151 g/mol. The van der Waals surface area contributed by atoms with Crippen molar-refractivity contribution in [2.75, 3.05) is 6.66 Å². The van der Waals surface area contributed by atoms with E-state index in [9.17, 15) is 4.57 Å². The lowest BCUT2D eigenvalue weighted by Gasteiger charge is -1.92. The Morgan fingerprint density at radius 2 is 2.43 bits per heavy atom. The van der Waals surface area contributed by atoms with Gasteiger partial charge in [-0.2, -0.15) is 0 Å². The maximum atomic E-state index is 10.5. The lowest BCUT2D eigenvalue weighted by Crippen LogP contribution is -1.48. The van der Waals surface area contributed by atoms with Gasteiger partial charge in [0.1, 0.15) is 0 Å². The van der Waals surface area contributed by atoms with Gasteiger partial charge in [0.2, 0.25) is 5.70 Å². The second kappa shape index (κ2) is 2.81. The highest BCUT2D eigenvalue weighted by atomic mass is 35.7. The SMILES string of the molecule is C=CSP(C)(=O)Cl. The summed E-state index contributed by atoms with van der Waals surface area (Å²) in [5.74, 6) is 0. The van der Waals surface area contributed by atoms with Crippen LogP contribution in [0.1, 0.15) is 0 Å². The van der Waals surface area contributed by atoms with Crippen molar-refractivity contribution in [2.45, 2.75) is 0 Å². The number of hydrogen-bond donors (Lipinski definition) is 0. The van der Waals surface area contributed by atoms with E-state index in [-0.39, 0.29) is 0 Å². The summed E-state index contributed by atoms with van der Waals surface area (Å²) in [6.45, 7) is 4.84. The van der Waals surface area contributed by atoms with Crippen molar-refractivity contribution in [1.82, 2.24) is 0 Å². The fraction of sp³-hybridized carbons (Fsp3) is 0.333. The summed E-state index contributed by atoms with van der Waals surface area (Å²) in [5, 5.41) is 1.48. The Bertz CT molecular complexity index is 108. The van der Waals surface area contributed by atoms with E-state index < -0.39 is 5.70 Å². The largest absolute Gasteiger partial charge is 0.295 e. The molecule has 42 valence electrons. The first-order valence-corrected chi connectivity index (χ1v) is 6.17. The van der Waals surface area contributed by atoms with Crippen LogP contribution in [0.4, 0.5) is 0 Å². The van der Waals surface area contributed by atoms with Crippen LogP contribution < -0.4 is 0 Å². The molecule has 1 unspecified atom stereocenters. The lowest BCUT2D eigenvalue weighted by molar-refractivity contribution is 0.596. The molecule has 0 aliphatic rings. The molecule has 7 heavy (non-hydrogen) atoms. The van der Waals surface area contributed by atoms with Gasteiger partial charge in [0.05, 0.1) is 0 Å². The van der Waals surface area contributed by atoms with E-state index in [4.69, 9.17) is 11.2 Å². The molecule has 0 rings (SSSR count). The minimum absolute atomic E-state index is 1.07. The summed E-state index contributed by atoms with van der Waals surface area (Å²) in [4.78, 5) is 0. The Morgan fingerprint density at radius 3 is 2.43 bits per heavy atom. The molecule has 0 bridgehead atoms. The highest BCUT2D eigenvalue weighted by Crippen LogP contribution is 2.60. The van der Waals surface area contributed by atoms with Crippen molar-refractivity contribution in [3.05, 3.63) is 12.0 Å². The zero-order valence-electron chi connectivity index (χ0n) is 3.93. The second-order valence-corrected chi connectivity index (χ2v) is 8.32. The summed E-state index contributed by atoms with van der Waals surface area (Å²) in [7, 11) is 0. The van der Waals surface area contributed by atoms with Crippen LogP contribution in [0.5, 0.6) is 0 Å². The Balaban J connectivity index is 3.57. The third kappa shape index (κ3) is 6.61. The topological polar surface area (TPSA) is 17.1 Å². The first-order chi connectivity index (χ1) is 3.06. The van der Waals surface area contributed by atoms with E-state index >= 15 is 0 Å². The lowest BCUT2D eigenvalue weighted by atomic mass is 11.3. The van der Waals surface area contributed by atoms with Gasteiger partial charge in [-0.1, -0.05) is 18.0 Å². The monoisotopic (exact) mass is 156 g/mol. The molecule has 0 aliphatic heterocycles. The predicted molar refractivity (Wildman–Crippen MR) is 37.2 cm³/mol. The van der Waals surface area contributed by atoms with Crippen LogP contribution in [0.15, 0.2) is 12.0 Å². The minimum Gasteiger partial charge on any atom is -0.295 e. The van der Waals surface area contributed by atoms with Gasteiger partial charge < -0.3 is 0 Å². The number of halogens is 1. The van der Waals surface area contributed by atoms with Crippen LogP contribution in [0.3, 0.4) is 0 Å². The van der Waals surface area contributed by atoms with E-state index in [0.29, 0.717) is 0 Å². The Morgan fingerprint density at radius 1 is 2.00 bits per heavy atom. The fourth-order valence-electron chi connectivity index (χ4n) is 0.133. The predicted octanol–water partition coefficient (Wildman–Crippen LogP) is 2.92. The third-order valence-corrected chi connectivity index (χ3v) is 3.08. The molecule has 1 nitrogen and oxygen atoms in total. The van der Waals surface area contributed by atoms with Crippen LogP contribution in [-0.4, -0.2) is 6.66 Å². The molecule has 0 aliphatic carbocycles. The van der Waals surface area contributed by atoms with Gasteiger partial charge >= 0.3 is 0 Å². The summed E-state index contributed by atoms with van der Waals surface area (Å²) in [6, 6.07) is 0. The maximum Gasteiger partial charge on any atom is 0.222 e. The molecular formula is C3H6ClOPS. The van der Waals surface area contributed by atoms with E-state index in [1.807, 2.05) is 0 Å². The summed E-state index contributed by atoms with van der Waals surface area (Å²) < 4.78 is 10.5. The van der Waals surface area contributed by atoms with Crippen LogP contribution in [0.2, 0.25) is 0 Å². The van der Waals surface area contributed by atoms with Gasteiger partial charge in [-0.25, -0.2) is 0 Å². The number of rotatable bonds is 2.